The van der Waals surface area contributed by atoms with E-state index in [9.17, 15) is 33.9 Å². The van der Waals surface area contributed by atoms with Gasteiger partial charge in [-0.1, -0.05) is 77.0 Å². The average Bonchev–Trinajstić information content (AvgIpc) is 3.19. The van der Waals surface area contributed by atoms with E-state index < -0.39 is 29.6 Å². The quantitative estimate of drug-likeness (QED) is 0.163. The van der Waals surface area contributed by atoms with E-state index in [0.29, 0.717) is 57.8 Å². The predicted octanol–water partition coefficient (Wildman–Crippen LogP) is 3.96. The molecule has 12 atom stereocenters. The number of hydrogen-bond donors (Lipinski definition) is 7. The Labute approximate surface area is 327 Å². The maximum atomic E-state index is 14.1. The van der Waals surface area contributed by atoms with Gasteiger partial charge in [0.2, 0.25) is 29.5 Å². The van der Waals surface area contributed by atoms with Gasteiger partial charge in [-0.05, 0) is 77.0 Å². The molecule has 0 spiro atoms. The van der Waals surface area contributed by atoms with Crippen LogP contribution in [0, 0.1) is 35.5 Å². The van der Waals surface area contributed by atoms with Gasteiger partial charge in [0.1, 0.15) is 0 Å². The van der Waals surface area contributed by atoms with Gasteiger partial charge in [-0.25, -0.2) is 0 Å². The van der Waals surface area contributed by atoms with E-state index >= 15 is 0 Å². The summed E-state index contributed by atoms with van der Waals surface area (Å²) in [6, 6.07) is -1.75. The second-order valence-corrected chi connectivity index (χ2v) is 17.9. The highest BCUT2D eigenvalue weighted by Crippen LogP contribution is 2.33. The fourth-order valence-corrected chi connectivity index (χ4v) is 11.0. The molecule has 0 aromatic heterocycles. The minimum absolute atomic E-state index is 0.0338. The van der Waals surface area contributed by atoms with Gasteiger partial charge in [-0.15, -0.1) is 0 Å². The van der Waals surface area contributed by atoms with Crippen LogP contribution in [0.4, 0.5) is 0 Å². The minimum Gasteiger partial charge on any atom is -0.481 e. The Hall–Kier alpha value is -3.22. The van der Waals surface area contributed by atoms with Gasteiger partial charge >= 0.3 is 5.97 Å². The highest BCUT2D eigenvalue weighted by atomic mass is 16.4. The van der Waals surface area contributed by atoms with Crippen LogP contribution < -0.4 is 32.3 Å². The lowest BCUT2D eigenvalue weighted by Gasteiger charge is -2.39. The Balaban J connectivity index is 1.04. The van der Waals surface area contributed by atoms with Crippen molar-refractivity contribution in [1.82, 2.24) is 26.6 Å². The Morgan fingerprint density at radius 1 is 0.327 bits per heavy atom. The number of carbonyl (C=O) groups excluding carboxylic acids is 5. The van der Waals surface area contributed by atoms with E-state index in [1.165, 1.54) is 0 Å². The van der Waals surface area contributed by atoms with Crippen LogP contribution in [-0.4, -0.2) is 76.9 Å². The number of rotatable bonds is 11. The molecule has 6 saturated carbocycles. The standard InChI is InChI=1S/C42H68N6O7/c43-31-19-7-1-13-25(31)37(49)44-32-20-8-2-14-26(32)38(50)45-33-21-9-3-15-27(33)39(51)46-34-22-10-4-16-28(34)40(52)47-35-23-11-5-17-29(35)41(53)48-36-24-12-6-18-30(36)42(54)55/h25-36H,1-24,43H2,(H,44,49)(H,45,50)(H,46,51)(H,47,52)(H,48,53)(H,54,55). The van der Waals surface area contributed by atoms with E-state index in [1.54, 1.807) is 0 Å². The van der Waals surface area contributed by atoms with Crippen LogP contribution >= 0.6 is 0 Å². The number of nitrogens with one attached hydrogen (secondary N) is 5. The van der Waals surface area contributed by atoms with Crippen molar-refractivity contribution in [1.29, 1.82) is 0 Å². The van der Waals surface area contributed by atoms with Gasteiger partial charge in [0.25, 0.3) is 0 Å². The Bertz CT molecular complexity index is 1380. The summed E-state index contributed by atoms with van der Waals surface area (Å²) in [4.78, 5) is 80.6. The largest absolute Gasteiger partial charge is 0.481 e. The topological polar surface area (TPSA) is 209 Å². The van der Waals surface area contributed by atoms with Crippen LogP contribution in [0.15, 0.2) is 0 Å². The van der Waals surface area contributed by atoms with Crippen molar-refractivity contribution in [3.8, 4) is 0 Å². The molecule has 6 aliphatic rings. The van der Waals surface area contributed by atoms with Crippen molar-refractivity contribution < 1.29 is 33.9 Å². The van der Waals surface area contributed by atoms with Crippen molar-refractivity contribution in [2.24, 2.45) is 41.2 Å². The lowest BCUT2D eigenvalue weighted by atomic mass is 9.79. The summed E-state index contributed by atoms with van der Waals surface area (Å²) < 4.78 is 0. The summed E-state index contributed by atoms with van der Waals surface area (Å²) >= 11 is 0. The molecule has 0 heterocycles. The molecule has 6 rings (SSSR count). The number of carboxylic acid groups (broad SMARTS) is 1. The molecule has 5 amide bonds. The van der Waals surface area contributed by atoms with E-state index in [4.69, 9.17) is 5.73 Å². The van der Waals surface area contributed by atoms with Crippen LogP contribution in [0.5, 0.6) is 0 Å². The first kappa shape index (κ1) is 41.4. The third kappa shape index (κ3) is 10.6. The monoisotopic (exact) mass is 769 g/mol. The third-order valence-corrected chi connectivity index (χ3v) is 14.3. The van der Waals surface area contributed by atoms with Gasteiger partial charge in [0, 0.05) is 36.3 Å². The normalized spacial score (nSPS) is 37.0. The molecule has 308 valence electrons. The summed E-state index contributed by atoms with van der Waals surface area (Å²) in [5.74, 6) is -3.80. The highest BCUT2D eigenvalue weighted by Gasteiger charge is 2.42. The molecule has 6 aliphatic carbocycles. The van der Waals surface area contributed by atoms with Crippen LogP contribution in [0.1, 0.15) is 154 Å². The molecule has 55 heavy (non-hydrogen) atoms. The third-order valence-electron chi connectivity index (χ3n) is 14.3. The lowest BCUT2D eigenvalue weighted by Crippen LogP contribution is -2.57. The van der Waals surface area contributed by atoms with Gasteiger partial charge in [-0.3, -0.25) is 28.8 Å². The van der Waals surface area contributed by atoms with Gasteiger partial charge in [-0.2, -0.15) is 0 Å². The minimum atomic E-state index is -0.871. The first-order valence-corrected chi connectivity index (χ1v) is 22.1. The van der Waals surface area contributed by atoms with Crippen molar-refractivity contribution >= 4 is 35.5 Å². The smallest absolute Gasteiger partial charge is 0.308 e. The fourth-order valence-electron chi connectivity index (χ4n) is 11.0. The van der Waals surface area contributed by atoms with Crippen molar-refractivity contribution in [3.05, 3.63) is 0 Å². The molecule has 13 nitrogen and oxygen atoms in total. The molecule has 12 unspecified atom stereocenters. The zero-order chi connectivity index (χ0) is 38.9. The first-order valence-electron chi connectivity index (χ1n) is 22.1. The van der Waals surface area contributed by atoms with Crippen molar-refractivity contribution in [3.63, 3.8) is 0 Å². The maximum Gasteiger partial charge on any atom is 0.308 e. The van der Waals surface area contributed by atoms with Crippen LogP contribution in [0.2, 0.25) is 0 Å². The van der Waals surface area contributed by atoms with Gasteiger partial charge < -0.3 is 37.4 Å². The highest BCUT2D eigenvalue weighted by molar-refractivity contribution is 5.87. The summed E-state index contributed by atoms with van der Waals surface area (Å²) in [5, 5.41) is 25.8. The van der Waals surface area contributed by atoms with E-state index in [0.717, 1.165) is 96.3 Å². The number of amides is 5. The molecule has 0 radical (unpaired) electrons. The molecule has 0 aromatic carbocycles. The summed E-state index contributed by atoms with van der Waals surface area (Å²) in [6.45, 7) is 0. The number of nitrogens with two attached hydrogens (primary N) is 1. The molecule has 13 heteroatoms. The van der Waals surface area contributed by atoms with Gasteiger partial charge in [0.05, 0.1) is 35.5 Å². The maximum absolute atomic E-state index is 14.1. The second kappa shape index (κ2) is 19.8. The number of carbonyl (C=O) groups is 6. The summed E-state index contributed by atoms with van der Waals surface area (Å²) in [7, 11) is 0. The fraction of sp³-hybridized carbons (Fsp3) is 0.857. The molecular formula is C42H68N6O7. The SMILES string of the molecule is NC1CCCCC1C(=O)NC1CCCCC1C(=O)NC1CCCCC1C(=O)NC1CCCCC1C(=O)NC1CCCCC1C(=O)NC1CCCCC1C(=O)O. The molecule has 0 saturated heterocycles. The van der Waals surface area contributed by atoms with Gasteiger partial charge in [0.15, 0.2) is 0 Å². The molecule has 0 aliphatic heterocycles. The first-order chi connectivity index (χ1) is 26.6. The number of aliphatic carboxylic acids is 1. The molecule has 0 bridgehead atoms. The zero-order valence-corrected chi connectivity index (χ0v) is 32.9. The summed E-state index contributed by atoms with van der Waals surface area (Å²) in [5.41, 5.74) is 6.31. The Morgan fingerprint density at radius 3 is 0.836 bits per heavy atom. The molecular weight excluding hydrogens is 700 g/mol. The van der Waals surface area contributed by atoms with Crippen LogP contribution in [-0.2, 0) is 28.8 Å². The molecule has 0 aromatic rings. The van der Waals surface area contributed by atoms with Crippen LogP contribution in [0.25, 0.3) is 0 Å². The van der Waals surface area contributed by atoms with Crippen LogP contribution in [0.3, 0.4) is 0 Å². The molecule has 6 fully saturated rings. The predicted molar refractivity (Wildman–Crippen MR) is 207 cm³/mol. The summed E-state index contributed by atoms with van der Waals surface area (Å²) in [6.07, 6.45) is 19.4. The van der Waals surface area contributed by atoms with E-state index in [2.05, 4.69) is 26.6 Å². The second-order valence-electron chi connectivity index (χ2n) is 17.9. The Morgan fingerprint density at radius 2 is 0.545 bits per heavy atom. The average molecular weight is 769 g/mol. The van der Waals surface area contributed by atoms with E-state index in [1.807, 2.05) is 0 Å². The number of carboxylic acids is 1. The van der Waals surface area contributed by atoms with Crippen molar-refractivity contribution in [2.75, 3.05) is 0 Å². The van der Waals surface area contributed by atoms with Crippen molar-refractivity contribution in [2.45, 2.75) is 190 Å². The zero-order valence-electron chi connectivity index (χ0n) is 32.9. The molecule has 8 N–H and O–H groups in total. The van der Waals surface area contributed by atoms with E-state index in [-0.39, 0.29) is 77.6 Å². The Kier molecular flexibility index (Phi) is 14.9. The lowest BCUT2D eigenvalue weighted by molar-refractivity contribution is -0.144. The number of hydrogen-bond acceptors (Lipinski definition) is 7.